The minimum Gasteiger partial charge on any atom is -0.481 e. The first kappa shape index (κ1) is 19.6. The summed E-state index contributed by atoms with van der Waals surface area (Å²) in [4.78, 5) is 16.7. The molecule has 0 amide bonds. The SMILES string of the molecule is CC.CC(C)(Cc1cc2cncc(-c3ccc(C#N)cc3)c2s1)C(=O)O. The molecule has 0 saturated heterocycles. The lowest BCUT2D eigenvalue weighted by Crippen LogP contribution is -2.25. The molecule has 0 fully saturated rings. The predicted octanol–water partition coefficient (Wildman–Crippen LogP) is 5.51. The first-order valence-corrected chi connectivity index (χ1v) is 9.33. The Hall–Kier alpha value is -2.71. The highest BCUT2D eigenvalue weighted by atomic mass is 32.1. The average Bonchev–Trinajstić information content (AvgIpc) is 3.05. The van der Waals surface area contributed by atoms with E-state index in [1.54, 1.807) is 43.5 Å². The smallest absolute Gasteiger partial charge is 0.309 e. The van der Waals surface area contributed by atoms with E-state index in [1.165, 1.54) is 0 Å². The fourth-order valence-electron chi connectivity index (χ4n) is 2.54. The molecule has 2 aromatic heterocycles. The fourth-order valence-corrected chi connectivity index (χ4v) is 3.93. The van der Waals surface area contributed by atoms with Crippen LogP contribution in [-0.4, -0.2) is 16.1 Å². The van der Waals surface area contributed by atoms with Crippen LogP contribution < -0.4 is 0 Å². The molecule has 0 saturated carbocycles. The Morgan fingerprint density at radius 2 is 1.88 bits per heavy atom. The van der Waals surface area contributed by atoms with Crippen molar-refractivity contribution in [2.45, 2.75) is 34.1 Å². The number of fused-ring (bicyclic) bond motifs is 1. The van der Waals surface area contributed by atoms with Gasteiger partial charge in [-0.05, 0) is 44.0 Å². The number of nitrogens with zero attached hydrogens (tertiary/aromatic N) is 2. The maximum absolute atomic E-state index is 11.4. The molecule has 0 aliphatic carbocycles. The van der Waals surface area contributed by atoms with Crippen LogP contribution in [0, 0.1) is 16.7 Å². The Labute approximate surface area is 157 Å². The first-order valence-electron chi connectivity index (χ1n) is 8.51. The van der Waals surface area contributed by atoms with Gasteiger partial charge in [0.05, 0.1) is 17.0 Å². The minimum atomic E-state index is -0.803. The molecule has 0 unspecified atom stereocenters. The molecule has 0 aliphatic rings. The number of nitriles is 1. The van der Waals surface area contributed by atoms with Crippen LogP contribution in [0.25, 0.3) is 21.2 Å². The predicted molar refractivity (Wildman–Crippen MR) is 106 cm³/mol. The Bertz CT molecular complexity index is 950. The second kappa shape index (κ2) is 8.11. The molecule has 5 heteroatoms. The van der Waals surface area contributed by atoms with Crippen LogP contribution in [0.2, 0.25) is 0 Å². The summed E-state index contributed by atoms with van der Waals surface area (Å²) in [5.74, 6) is -0.801. The maximum atomic E-state index is 11.4. The summed E-state index contributed by atoms with van der Waals surface area (Å²) in [6.45, 7) is 7.47. The molecule has 3 rings (SSSR count). The molecule has 2 heterocycles. The largest absolute Gasteiger partial charge is 0.481 e. The van der Waals surface area contributed by atoms with Crippen molar-refractivity contribution >= 4 is 27.4 Å². The van der Waals surface area contributed by atoms with Gasteiger partial charge in [0.25, 0.3) is 0 Å². The lowest BCUT2D eigenvalue weighted by Gasteiger charge is -2.17. The topological polar surface area (TPSA) is 74.0 Å². The molecule has 1 aromatic carbocycles. The molecule has 0 radical (unpaired) electrons. The zero-order valence-electron chi connectivity index (χ0n) is 15.4. The van der Waals surface area contributed by atoms with Crippen LogP contribution in [0.1, 0.15) is 38.1 Å². The number of aliphatic carboxylic acids is 1. The molecular formula is C21H22N2O2S. The van der Waals surface area contributed by atoms with Crippen molar-refractivity contribution in [2.75, 3.05) is 0 Å². The van der Waals surface area contributed by atoms with E-state index in [0.29, 0.717) is 12.0 Å². The van der Waals surface area contributed by atoms with Crippen molar-refractivity contribution in [1.82, 2.24) is 4.98 Å². The van der Waals surface area contributed by atoms with E-state index >= 15 is 0 Å². The van der Waals surface area contributed by atoms with E-state index in [-0.39, 0.29) is 0 Å². The van der Waals surface area contributed by atoms with Crippen molar-refractivity contribution in [2.24, 2.45) is 5.41 Å². The van der Waals surface area contributed by atoms with Gasteiger partial charge in [0.1, 0.15) is 0 Å². The zero-order valence-corrected chi connectivity index (χ0v) is 16.2. The summed E-state index contributed by atoms with van der Waals surface area (Å²) in [5, 5.41) is 19.3. The van der Waals surface area contributed by atoms with Crippen LogP contribution in [0.3, 0.4) is 0 Å². The van der Waals surface area contributed by atoms with Crippen LogP contribution in [0.4, 0.5) is 0 Å². The number of carboxylic acid groups (broad SMARTS) is 1. The molecule has 0 aliphatic heterocycles. The summed E-state index contributed by atoms with van der Waals surface area (Å²) in [7, 11) is 0. The summed E-state index contributed by atoms with van der Waals surface area (Å²) >= 11 is 1.60. The summed E-state index contributed by atoms with van der Waals surface area (Å²) in [6.07, 6.45) is 4.09. The third kappa shape index (κ3) is 4.09. The third-order valence-electron chi connectivity index (χ3n) is 3.99. The lowest BCUT2D eigenvalue weighted by atomic mass is 9.89. The van der Waals surface area contributed by atoms with E-state index in [0.717, 1.165) is 26.1 Å². The van der Waals surface area contributed by atoms with Gasteiger partial charge in [0.15, 0.2) is 0 Å². The van der Waals surface area contributed by atoms with Gasteiger partial charge < -0.3 is 5.11 Å². The molecule has 3 aromatic rings. The molecule has 4 nitrogen and oxygen atoms in total. The van der Waals surface area contributed by atoms with E-state index < -0.39 is 11.4 Å². The summed E-state index contributed by atoms with van der Waals surface area (Å²) in [5.41, 5.74) is 1.82. The molecule has 0 spiro atoms. The van der Waals surface area contributed by atoms with Gasteiger partial charge in [0, 0.05) is 32.9 Å². The normalized spacial score (nSPS) is 10.7. The van der Waals surface area contributed by atoms with Crippen LogP contribution >= 0.6 is 11.3 Å². The zero-order chi connectivity index (χ0) is 19.3. The van der Waals surface area contributed by atoms with E-state index in [9.17, 15) is 9.90 Å². The quantitative estimate of drug-likeness (QED) is 0.660. The van der Waals surface area contributed by atoms with Crippen LogP contribution in [0.15, 0.2) is 42.7 Å². The number of carbonyl (C=O) groups is 1. The summed E-state index contributed by atoms with van der Waals surface area (Å²) < 4.78 is 1.09. The minimum absolute atomic E-state index is 0.481. The average molecular weight is 366 g/mol. The summed E-state index contributed by atoms with van der Waals surface area (Å²) in [6, 6.07) is 11.5. The fraction of sp³-hybridized carbons (Fsp3) is 0.286. The monoisotopic (exact) mass is 366 g/mol. The van der Waals surface area contributed by atoms with E-state index in [1.807, 2.05) is 38.2 Å². The number of hydrogen-bond donors (Lipinski definition) is 1. The van der Waals surface area contributed by atoms with E-state index in [2.05, 4.69) is 11.1 Å². The number of thiophene rings is 1. The Kier molecular flexibility index (Phi) is 6.12. The molecule has 26 heavy (non-hydrogen) atoms. The number of hydrogen-bond acceptors (Lipinski definition) is 4. The number of rotatable bonds is 4. The lowest BCUT2D eigenvalue weighted by molar-refractivity contribution is -0.146. The highest BCUT2D eigenvalue weighted by molar-refractivity contribution is 7.19. The van der Waals surface area contributed by atoms with Crippen LogP contribution in [0.5, 0.6) is 0 Å². The second-order valence-electron chi connectivity index (χ2n) is 6.37. The van der Waals surface area contributed by atoms with Gasteiger partial charge in [-0.25, -0.2) is 0 Å². The highest BCUT2D eigenvalue weighted by Crippen LogP contribution is 2.36. The van der Waals surface area contributed by atoms with Gasteiger partial charge >= 0.3 is 5.97 Å². The van der Waals surface area contributed by atoms with Gasteiger partial charge in [0.2, 0.25) is 0 Å². The highest BCUT2D eigenvalue weighted by Gasteiger charge is 2.28. The van der Waals surface area contributed by atoms with Gasteiger partial charge in [-0.2, -0.15) is 5.26 Å². The Morgan fingerprint density at radius 1 is 1.23 bits per heavy atom. The van der Waals surface area contributed by atoms with Gasteiger partial charge in [-0.3, -0.25) is 9.78 Å². The molecule has 0 atom stereocenters. The van der Waals surface area contributed by atoms with Gasteiger partial charge in [-0.15, -0.1) is 11.3 Å². The van der Waals surface area contributed by atoms with E-state index in [4.69, 9.17) is 5.26 Å². The Balaban J connectivity index is 0.00000117. The molecule has 0 bridgehead atoms. The number of carboxylic acids is 1. The van der Waals surface area contributed by atoms with Crippen molar-refractivity contribution in [3.63, 3.8) is 0 Å². The number of benzene rings is 1. The number of aromatic nitrogens is 1. The standard InChI is InChI=1S/C19H16N2O2S.C2H6/c1-19(2,18(22)23)8-15-7-14-10-21-11-16(17(14)24-15)13-5-3-12(9-20)4-6-13;1-2/h3-7,10-11H,8H2,1-2H3,(H,22,23);1-2H3. The van der Waals surface area contributed by atoms with Crippen molar-refractivity contribution in [1.29, 1.82) is 5.26 Å². The molecular weight excluding hydrogens is 344 g/mol. The number of pyridine rings is 1. The first-order chi connectivity index (χ1) is 12.4. The van der Waals surface area contributed by atoms with Gasteiger partial charge in [-0.1, -0.05) is 26.0 Å². The second-order valence-corrected chi connectivity index (χ2v) is 7.51. The Morgan fingerprint density at radius 3 is 2.46 bits per heavy atom. The molecule has 134 valence electrons. The molecule has 1 N–H and O–H groups in total. The van der Waals surface area contributed by atoms with Crippen LogP contribution in [-0.2, 0) is 11.2 Å². The van der Waals surface area contributed by atoms with Crippen molar-refractivity contribution < 1.29 is 9.90 Å². The maximum Gasteiger partial charge on any atom is 0.309 e. The van der Waals surface area contributed by atoms with Crippen molar-refractivity contribution in [3.05, 3.63) is 53.2 Å². The third-order valence-corrected chi connectivity index (χ3v) is 5.18. The van der Waals surface area contributed by atoms with Crippen molar-refractivity contribution in [3.8, 4) is 17.2 Å².